The van der Waals surface area contributed by atoms with Crippen LogP contribution >= 0.6 is 0 Å². The first-order valence-corrected chi connectivity index (χ1v) is 8.10. The quantitative estimate of drug-likeness (QED) is 0.615. The van der Waals surface area contributed by atoms with E-state index >= 15 is 0 Å². The van der Waals surface area contributed by atoms with Gasteiger partial charge in [0.1, 0.15) is 17.3 Å². The Labute approximate surface area is 150 Å². The number of rotatable bonds is 6. The first kappa shape index (κ1) is 17.3. The first-order valence-electron chi connectivity index (χ1n) is 8.10. The van der Waals surface area contributed by atoms with Crippen molar-refractivity contribution in [3.63, 3.8) is 0 Å². The van der Waals surface area contributed by atoms with E-state index in [1.54, 1.807) is 37.4 Å². The van der Waals surface area contributed by atoms with Gasteiger partial charge in [-0.2, -0.15) is 0 Å². The summed E-state index contributed by atoms with van der Waals surface area (Å²) in [6.45, 7) is 4.20. The number of pyridine rings is 1. The number of anilines is 4. The molecule has 1 aromatic carbocycles. The number of carbonyl (C=O) groups excluding carboxylic acids is 1. The number of aryl methyl sites for hydroxylation is 1. The molecule has 0 fully saturated rings. The molecule has 134 valence electrons. The van der Waals surface area contributed by atoms with Crippen LogP contribution < -0.4 is 20.7 Å². The fraction of sp³-hybridized carbons (Fsp3) is 0.167. The molecule has 8 heteroatoms. The number of nitrogens with zero attached hydrogens (tertiary/aromatic N) is 2. The van der Waals surface area contributed by atoms with Gasteiger partial charge in [0.05, 0.1) is 18.0 Å². The molecule has 0 saturated carbocycles. The maximum absolute atomic E-state index is 12.2. The average molecular weight is 353 g/mol. The minimum absolute atomic E-state index is 0.338. The van der Waals surface area contributed by atoms with E-state index in [1.165, 1.54) is 0 Å². The van der Waals surface area contributed by atoms with Gasteiger partial charge in [0.15, 0.2) is 5.82 Å². The Hall–Kier alpha value is -3.55. The van der Waals surface area contributed by atoms with Crippen molar-refractivity contribution in [1.82, 2.24) is 10.1 Å². The number of hydrogen-bond donors (Lipinski definition) is 3. The molecule has 3 rings (SSSR count). The summed E-state index contributed by atoms with van der Waals surface area (Å²) in [6, 6.07) is 12.1. The van der Waals surface area contributed by atoms with Crippen molar-refractivity contribution < 1.29 is 14.1 Å². The molecule has 0 saturated heterocycles. The molecule has 3 aromatic rings. The molecule has 3 N–H and O–H groups in total. The number of aromatic nitrogens is 2. The van der Waals surface area contributed by atoms with E-state index in [0.717, 1.165) is 0 Å². The van der Waals surface area contributed by atoms with Gasteiger partial charge in [-0.15, -0.1) is 0 Å². The molecule has 2 heterocycles. The number of nitrogens with one attached hydrogen (secondary N) is 3. The zero-order valence-electron chi connectivity index (χ0n) is 14.4. The summed E-state index contributed by atoms with van der Waals surface area (Å²) in [5, 5.41) is 12.3. The minimum atomic E-state index is -0.438. The smallest absolute Gasteiger partial charge is 0.325 e. The third-order valence-corrected chi connectivity index (χ3v) is 3.35. The van der Waals surface area contributed by atoms with Gasteiger partial charge in [-0.1, -0.05) is 11.2 Å². The standard InChI is InChI=1S/C18H19N5O3/c1-3-25-13-7-8-14(15(11-13)20-16-6-4-5-9-19-16)21-18(24)22-17-10-12(2)26-23-17/h4-11H,3H2,1-2H3,(H,19,20)(H2,21,22,23,24). The van der Waals surface area contributed by atoms with Crippen molar-refractivity contribution in [3.05, 3.63) is 54.4 Å². The van der Waals surface area contributed by atoms with Crippen LogP contribution in [0.3, 0.4) is 0 Å². The molecular weight excluding hydrogens is 334 g/mol. The zero-order chi connectivity index (χ0) is 18.4. The molecule has 0 aliphatic carbocycles. The highest BCUT2D eigenvalue weighted by Gasteiger charge is 2.11. The predicted octanol–water partition coefficient (Wildman–Crippen LogP) is 4.16. The Balaban J connectivity index is 1.79. The van der Waals surface area contributed by atoms with Crippen LogP contribution in [-0.2, 0) is 0 Å². The number of benzene rings is 1. The number of hydrogen-bond acceptors (Lipinski definition) is 6. The fourth-order valence-corrected chi connectivity index (χ4v) is 2.26. The molecule has 0 unspecified atom stereocenters. The minimum Gasteiger partial charge on any atom is -0.494 e. The Bertz CT molecular complexity index is 880. The lowest BCUT2D eigenvalue weighted by molar-refractivity contribution is 0.262. The number of amides is 2. The van der Waals surface area contributed by atoms with E-state index in [9.17, 15) is 4.79 Å². The second kappa shape index (κ2) is 8.02. The Morgan fingerprint density at radius 1 is 1.12 bits per heavy atom. The molecule has 2 aromatic heterocycles. The lowest BCUT2D eigenvalue weighted by atomic mass is 10.2. The highest BCUT2D eigenvalue weighted by molar-refractivity contribution is 6.01. The molecule has 0 radical (unpaired) electrons. The molecule has 26 heavy (non-hydrogen) atoms. The van der Waals surface area contributed by atoms with E-state index in [2.05, 4.69) is 26.1 Å². The van der Waals surface area contributed by atoms with Gasteiger partial charge in [0.25, 0.3) is 0 Å². The third-order valence-electron chi connectivity index (χ3n) is 3.35. The van der Waals surface area contributed by atoms with Crippen molar-refractivity contribution in [2.45, 2.75) is 13.8 Å². The van der Waals surface area contributed by atoms with E-state index in [1.807, 2.05) is 25.1 Å². The van der Waals surface area contributed by atoms with Gasteiger partial charge in [-0.25, -0.2) is 9.78 Å². The predicted molar refractivity (Wildman–Crippen MR) is 99.0 cm³/mol. The maximum atomic E-state index is 12.2. The van der Waals surface area contributed by atoms with E-state index < -0.39 is 6.03 Å². The average Bonchev–Trinajstić information content (AvgIpc) is 3.03. The van der Waals surface area contributed by atoms with Gasteiger partial charge in [-0.3, -0.25) is 5.32 Å². The summed E-state index contributed by atoms with van der Waals surface area (Å²) in [6.07, 6.45) is 1.68. The van der Waals surface area contributed by atoms with Crippen LogP contribution in [-0.4, -0.2) is 22.8 Å². The molecule has 8 nitrogen and oxygen atoms in total. The van der Waals surface area contributed by atoms with Crippen LogP contribution in [0.5, 0.6) is 5.75 Å². The third kappa shape index (κ3) is 4.50. The zero-order valence-corrected chi connectivity index (χ0v) is 14.4. The van der Waals surface area contributed by atoms with Gasteiger partial charge in [0.2, 0.25) is 0 Å². The monoisotopic (exact) mass is 353 g/mol. The van der Waals surface area contributed by atoms with E-state index in [-0.39, 0.29) is 0 Å². The summed E-state index contributed by atoms with van der Waals surface area (Å²) >= 11 is 0. The maximum Gasteiger partial charge on any atom is 0.325 e. The summed E-state index contributed by atoms with van der Waals surface area (Å²) in [4.78, 5) is 16.5. The molecule has 0 aliphatic heterocycles. The molecule has 0 atom stereocenters. The van der Waals surface area contributed by atoms with Crippen LogP contribution in [0.4, 0.5) is 27.8 Å². The fourth-order valence-electron chi connectivity index (χ4n) is 2.26. The lowest BCUT2D eigenvalue weighted by Crippen LogP contribution is -2.20. The summed E-state index contributed by atoms with van der Waals surface area (Å²) in [5.74, 6) is 2.28. The summed E-state index contributed by atoms with van der Waals surface area (Å²) < 4.78 is 10.5. The Morgan fingerprint density at radius 2 is 2.00 bits per heavy atom. The summed E-state index contributed by atoms with van der Waals surface area (Å²) in [5.41, 5.74) is 1.22. The second-order valence-corrected chi connectivity index (χ2v) is 5.38. The van der Waals surface area contributed by atoms with E-state index in [0.29, 0.717) is 41.1 Å². The molecule has 2 amide bonds. The van der Waals surface area contributed by atoms with Crippen molar-refractivity contribution in [2.75, 3.05) is 22.6 Å². The second-order valence-electron chi connectivity index (χ2n) is 5.38. The highest BCUT2D eigenvalue weighted by Crippen LogP contribution is 2.29. The van der Waals surface area contributed by atoms with Crippen LogP contribution in [0.2, 0.25) is 0 Å². The molecule has 0 bridgehead atoms. The van der Waals surface area contributed by atoms with Gasteiger partial charge >= 0.3 is 6.03 Å². The molecule has 0 spiro atoms. The van der Waals surface area contributed by atoms with Gasteiger partial charge in [-0.05, 0) is 38.1 Å². The Kier molecular flexibility index (Phi) is 5.33. The largest absolute Gasteiger partial charge is 0.494 e. The molecular formula is C18H19N5O3. The van der Waals surface area contributed by atoms with Crippen LogP contribution in [0.15, 0.2) is 53.2 Å². The van der Waals surface area contributed by atoms with Gasteiger partial charge < -0.3 is 19.9 Å². The normalized spacial score (nSPS) is 10.2. The Morgan fingerprint density at radius 3 is 2.69 bits per heavy atom. The van der Waals surface area contributed by atoms with Gasteiger partial charge in [0, 0.05) is 18.3 Å². The SMILES string of the molecule is CCOc1ccc(NC(=O)Nc2cc(C)on2)c(Nc2ccccn2)c1. The first-order chi connectivity index (χ1) is 12.6. The van der Waals surface area contributed by atoms with Crippen molar-refractivity contribution in [3.8, 4) is 5.75 Å². The van der Waals surface area contributed by atoms with Crippen molar-refractivity contribution in [2.24, 2.45) is 0 Å². The van der Waals surface area contributed by atoms with E-state index in [4.69, 9.17) is 9.26 Å². The number of ether oxygens (including phenoxy) is 1. The number of urea groups is 1. The van der Waals surface area contributed by atoms with Crippen molar-refractivity contribution >= 4 is 29.0 Å². The van der Waals surface area contributed by atoms with Crippen LogP contribution in [0, 0.1) is 6.92 Å². The molecule has 0 aliphatic rings. The number of carbonyl (C=O) groups is 1. The van der Waals surface area contributed by atoms with Crippen LogP contribution in [0.25, 0.3) is 0 Å². The van der Waals surface area contributed by atoms with Crippen molar-refractivity contribution in [1.29, 1.82) is 0 Å². The lowest BCUT2D eigenvalue weighted by Gasteiger charge is -2.14. The summed E-state index contributed by atoms with van der Waals surface area (Å²) in [7, 11) is 0. The highest BCUT2D eigenvalue weighted by atomic mass is 16.5. The topological polar surface area (TPSA) is 101 Å². The van der Waals surface area contributed by atoms with Crippen LogP contribution in [0.1, 0.15) is 12.7 Å².